The number of benzene rings is 1. The van der Waals surface area contributed by atoms with Gasteiger partial charge >= 0.3 is 0 Å². The first-order valence-electron chi connectivity index (χ1n) is 8.22. The van der Waals surface area contributed by atoms with Gasteiger partial charge in [0.05, 0.1) is 6.61 Å². The van der Waals surface area contributed by atoms with Crippen molar-refractivity contribution in [3.05, 3.63) is 29.8 Å². The van der Waals surface area contributed by atoms with Crippen molar-refractivity contribution in [1.29, 1.82) is 0 Å². The molecule has 2 nitrogen and oxygen atoms in total. The van der Waals surface area contributed by atoms with Gasteiger partial charge in [0.2, 0.25) is 0 Å². The molecule has 1 unspecified atom stereocenters. The third-order valence-electron chi connectivity index (χ3n) is 3.65. The summed E-state index contributed by atoms with van der Waals surface area (Å²) in [5.41, 5.74) is 7.01. The molecule has 1 rings (SSSR count). The van der Waals surface area contributed by atoms with E-state index in [9.17, 15) is 0 Å². The van der Waals surface area contributed by atoms with E-state index in [2.05, 4.69) is 13.0 Å². The fraction of sp³-hybridized carbons (Fsp3) is 0.667. The molecule has 0 fully saturated rings. The van der Waals surface area contributed by atoms with Crippen LogP contribution in [0, 0.1) is 0 Å². The monoisotopic (exact) mass is 277 g/mol. The molecule has 0 aliphatic heterocycles. The van der Waals surface area contributed by atoms with Crippen molar-refractivity contribution in [2.45, 2.75) is 71.3 Å². The largest absolute Gasteiger partial charge is 0.494 e. The van der Waals surface area contributed by atoms with Gasteiger partial charge in [-0.05, 0) is 31.0 Å². The zero-order valence-corrected chi connectivity index (χ0v) is 13.2. The molecule has 0 radical (unpaired) electrons. The van der Waals surface area contributed by atoms with Crippen LogP contribution < -0.4 is 10.5 Å². The van der Waals surface area contributed by atoms with Crippen molar-refractivity contribution in [2.75, 3.05) is 6.61 Å². The molecule has 0 saturated carbocycles. The highest BCUT2D eigenvalue weighted by Crippen LogP contribution is 2.18. The SMILES string of the molecule is CCCCCCCCCCOc1cccc(C(C)N)c1. The molecule has 0 heterocycles. The van der Waals surface area contributed by atoms with Crippen LogP contribution in [0.5, 0.6) is 5.75 Å². The van der Waals surface area contributed by atoms with Crippen molar-refractivity contribution < 1.29 is 4.74 Å². The van der Waals surface area contributed by atoms with Gasteiger partial charge in [0.15, 0.2) is 0 Å². The summed E-state index contributed by atoms with van der Waals surface area (Å²) in [6, 6.07) is 8.20. The molecule has 1 aromatic carbocycles. The lowest BCUT2D eigenvalue weighted by molar-refractivity contribution is 0.304. The van der Waals surface area contributed by atoms with Crippen LogP contribution in [0.4, 0.5) is 0 Å². The van der Waals surface area contributed by atoms with E-state index >= 15 is 0 Å². The van der Waals surface area contributed by atoms with Crippen LogP contribution in [0.1, 0.15) is 76.8 Å². The van der Waals surface area contributed by atoms with Crippen molar-refractivity contribution in [1.82, 2.24) is 0 Å². The molecule has 2 N–H and O–H groups in total. The van der Waals surface area contributed by atoms with Gasteiger partial charge in [0, 0.05) is 6.04 Å². The fourth-order valence-electron chi connectivity index (χ4n) is 2.31. The Kier molecular flexibility index (Phi) is 9.14. The predicted octanol–water partition coefficient (Wildman–Crippen LogP) is 5.23. The summed E-state index contributed by atoms with van der Waals surface area (Å²) in [5.74, 6) is 0.947. The predicted molar refractivity (Wildman–Crippen MR) is 87.1 cm³/mol. The summed E-state index contributed by atoms with van der Waals surface area (Å²) >= 11 is 0. The second-order valence-electron chi connectivity index (χ2n) is 5.68. The van der Waals surface area contributed by atoms with E-state index in [1.165, 1.54) is 44.9 Å². The Morgan fingerprint density at radius 2 is 1.65 bits per heavy atom. The van der Waals surface area contributed by atoms with Crippen LogP contribution in [-0.4, -0.2) is 6.61 Å². The molecule has 0 saturated heterocycles. The molecule has 0 amide bonds. The summed E-state index contributed by atoms with van der Waals surface area (Å²) in [6.45, 7) is 5.08. The molecular weight excluding hydrogens is 246 g/mol. The zero-order valence-electron chi connectivity index (χ0n) is 13.2. The summed E-state index contributed by atoms with van der Waals surface area (Å²) < 4.78 is 5.79. The Labute approximate surface area is 124 Å². The highest BCUT2D eigenvalue weighted by molar-refractivity contribution is 5.30. The number of hydrogen-bond donors (Lipinski definition) is 1. The van der Waals surface area contributed by atoms with Gasteiger partial charge < -0.3 is 10.5 Å². The molecule has 114 valence electrons. The van der Waals surface area contributed by atoms with Gasteiger partial charge in [0.1, 0.15) is 5.75 Å². The highest BCUT2D eigenvalue weighted by atomic mass is 16.5. The van der Waals surface area contributed by atoms with Crippen LogP contribution in [-0.2, 0) is 0 Å². The van der Waals surface area contributed by atoms with Crippen LogP contribution in [0.15, 0.2) is 24.3 Å². The van der Waals surface area contributed by atoms with Gasteiger partial charge in [-0.3, -0.25) is 0 Å². The lowest BCUT2D eigenvalue weighted by Crippen LogP contribution is -2.05. The van der Waals surface area contributed by atoms with E-state index in [-0.39, 0.29) is 6.04 Å². The molecular formula is C18H31NO. The first-order valence-corrected chi connectivity index (χ1v) is 8.22. The number of ether oxygens (including phenoxy) is 1. The van der Waals surface area contributed by atoms with Crippen molar-refractivity contribution in [3.8, 4) is 5.75 Å². The Morgan fingerprint density at radius 1 is 1.00 bits per heavy atom. The van der Waals surface area contributed by atoms with Crippen molar-refractivity contribution >= 4 is 0 Å². The molecule has 0 aliphatic rings. The topological polar surface area (TPSA) is 35.2 Å². The van der Waals surface area contributed by atoms with Gasteiger partial charge in [-0.25, -0.2) is 0 Å². The molecule has 1 atom stereocenters. The Bertz CT molecular complexity index is 349. The van der Waals surface area contributed by atoms with Gasteiger partial charge in [-0.1, -0.05) is 64.0 Å². The Morgan fingerprint density at radius 3 is 2.30 bits per heavy atom. The van der Waals surface area contributed by atoms with Crippen LogP contribution >= 0.6 is 0 Å². The summed E-state index contributed by atoms with van der Waals surface area (Å²) in [4.78, 5) is 0. The van der Waals surface area contributed by atoms with Crippen molar-refractivity contribution in [2.24, 2.45) is 5.73 Å². The Hall–Kier alpha value is -1.02. The molecule has 0 aliphatic carbocycles. The molecule has 1 aromatic rings. The average molecular weight is 277 g/mol. The minimum atomic E-state index is 0.0710. The number of nitrogens with two attached hydrogens (primary N) is 1. The molecule has 20 heavy (non-hydrogen) atoms. The first-order chi connectivity index (χ1) is 9.74. The normalized spacial score (nSPS) is 12.3. The van der Waals surface area contributed by atoms with Crippen LogP contribution in [0.2, 0.25) is 0 Å². The smallest absolute Gasteiger partial charge is 0.119 e. The summed E-state index contributed by atoms with van der Waals surface area (Å²) in [6.07, 6.45) is 10.7. The van der Waals surface area contributed by atoms with Gasteiger partial charge in [-0.15, -0.1) is 0 Å². The third-order valence-corrected chi connectivity index (χ3v) is 3.65. The second-order valence-corrected chi connectivity index (χ2v) is 5.68. The van der Waals surface area contributed by atoms with Crippen LogP contribution in [0.25, 0.3) is 0 Å². The molecule has 2 heteroatoms. The number of unbranched alkanes of at least 4 members (excludes halogenated alkanes) is 7. The van der Waals surface area contributed by atoms with E-state index in [0.29, 0.717) is 0 Å². The lowest BCUT2D eigenvalue weighted by atomic mass is 10.1. The van der Waals surface area contributed by atoms with Gasteiger partial charge in [0.25, 0.3) is 0 Å². The van der Waals surface area contributed by atoms with Crippen LogP contribution in [0.3, 0.4) is 0 Å². The minimum Gasteiger partial charge on any atom is -0.494 e. The van der Waals surface area contributed by atoms with Crippen molar-refractivity contribution in [3.63, 3.8) is 0 Å². The maximum Gasteiger partial charge on any atom is 0.119 e. The first kappa shape index (κ1) is 17.0. The Balaban J connectivity index is 2.05. The molecule has 0 aromatic heterocycles. The molecule has 0 bridgehead atoms. The lowest BCUT2D eigenvalue weighted by Gasteiger charge is -2.10. The quantitative estimate of drug-likeness (QED) is 0.562. The minimum absolute atomic E-state index is 0.0710. The third kappa shape index (κ3) is 7.54. The van der Waals surface area contributed by atoms with E-state index in [1.807, 2.05) is 25.1 Å². The maximum absolute atomic E-state index is 5.87. The zero-order chi connectivity index (χ0) is 14.6. The van der Waals surface area contributed by atoms with E-state index in [0.717, 1.165) is 24.3 Å². The van der Waals surface area contributed by atoms with Gasteiger partial charge in [-0.2, -0.15) is 0 Å². The highest BCUT2D eigenvalue weighted by Gasteiger charge is 2.01. The standard InChI is InChI=1S/C18H31NO/c1-3-4-5-6-7-8-9-10-14-20-18-13-11-12-17(15-18)16(2)19/h11-13,15-16H,3-10,14,19H2,1-2H3. The van der Waals surface area contributed by atoms with E-state index in [1.54, 1.807) is 0 Å². The molecule has 0 spiro atoms. The summed E-state index contributed by atoms with van der Waals surface area (Å²) in [7, 11) is 0. The number of hydrogen-bond acceptors (Lipinski definition) is 2. The average Bonchev–Trinajstić information content (AvgIpc) is 2.46. The van der Waals surface area contributed by atoms with E-state index in [4.69, 9.17) is 10.5 Å². The number of rotatable bonds is 11. The summed E-state index contributed by atoms with van der Waals surface area (Å²) in [5, 5.41) is 0. The maximum atomic E-state index is 5.87. The second kappa shape index (κ2) is 10.7. The fourth-order valence-corrected chi connectivity index (χ4v) is 2.31. The van der Waals surface area contributed by atoms with E-state index < -0.39 is 0 Å².